The molecule has 0 radical (unpaired) electrons. The molecule has 2 heterocycles. The molecule has 0 spiro atoms. The molecule has 3 N–H and O–H groups in total. The van der Waals surface area contributed by atoms with Gasteiger partial charge in [0.25, 0.3) is 0 Å². The van der Waals surface area contributed by atoms with E-state index in [1.165, 1.54) is 0 Å². The summed E-state index contributed by atoms with van der Waals surface area (Å²) in [6.07, 6.45) is -0.288. The van der Waals surface area contributed by atoms with Crippen molar-refractivity contribution in [3.63, 3.8) is 0 Å². The fourth-order valence-corrected chi connectivity index (χ4v) is 5.10. The number of carboxylic acids is 1. The molecule has 35 heavy (non-hydrogen) atoms. The van der Waals surface area contributed by atoms with Crippen LogP contribution in [0.3, 0.4) is 0 Å². The van der Waals surface area contributed by atoms with Gasteiger partial charge in [0.05, 0.1) is 25.2 Å². The molecule has 3 aliphatic rings. The maximum Gasteiger partial charge on any atom is 0.407 e. The molecule has 2 amide bonds. The van der Waals surface area contributed by atoms with Gasteiger partial charge in [0.1, 0.15) is 6.61 Å². The largest absolute Gasteiger partial charge is 0.479 e. The summed E-state index contributed by atoms with van der Waals surface area (Å²) in [6.45, 7) is 0.831. The Kier molecular flexibility index (Phi) is 6.44. The van der Waals surface area contributed by atoms with Crippen molar-refractivity contribution < 1.29 is 33.7 Å². The molecule has 0 bridgehead atoms. The van der Waals surface area contributed by atoms with E-state index < -0.39 is 23.5 Å². The van der Waals surface area contributed by atoms with Gasteiger partial charge >= 0.3 is 12.1 Å². The van der Waals surface area contributed by atoms with E-state index in [0.29, 0.717) is 13.0 Å². The molecule has 3 atom stereocenters. The molecule has 2 aromatic rings. The van der Waals surface area contributed by atoms with Crippen molar-refractivity contribution in [2.24, 2.45) is 5.92 Å². The first-order valence-corrected chi connectivity index (χ1v) is 11.8. The molecule has 184 valence electrons. The minimum absolute atomic E-state index is 0.0231. The zero-order chi connectivity index (χ0) is 24.4. The number of carbonyl (C=O) groups excluding carboxylic acids is 2. The first-order valence-electron chi connectivity index (χ1n) is 11.8. The molecule has 2 aliphatic heterocycles. The van der Waals surface area contributed by atoms with Crippen molar-refractivity contribution in [3.05, 3.63) is 59.7 Å². The SMILES string of the molecule is O=C(NC[C@@H]1C[C@H](C(=O)NC2(C(=O)O)CCOC2)CO1)OCC1c2ccccc2-c2ccccc21. The highest BCUT2D eigenvalue weighted by Gasteiger charge is 2.45. The number of ether oxygens (including phenoxy) is 3. The molecule has 2 saturated heterocycles. The van der Waals surface area contributed by atoms with Crippen LogP contribution in [0.5, 0.6) is 0 Å². The highest BCUT2D eigenvalue weighted by Crippen LogP contribution is 2.44. The Bertz CT molecular complexity index is 1080. The van der Waals surface area contributed by atoms with Gasteiger partial charge < -0.3 is 30.0 Å². The summed E-state index contributed by atoms with van der Waals surface area (Å²) in [5, 5.41) is 14.9. The lowest BCUT2D eigenvalue weighted by atomic mass is 9.96. The van der Waals surface area contributed by atoms with E-state index >= 15 is 0 Å². The first kappa shape index (κ1) is 23.3. The lowest BCUT2D eigenvalue weighted by molar-refractivity contribution is -0.148. The van der Waals surface area contributed by atoms with Gasteiger partial charge in [0.2, 0.25) is 5.91 Å². The zero-order valence-corrected chi connectivity index (χ0v) is 19.2. The summed E-state index contributed by atoms with van der Waals surface area (Å²) in [6, 6.07) is 16.3. The number of aliphatic carboxylic acids is 1. The molecule has 0 aromatic heterocycles. The third-order valence-corrected chi connectivity index (χ3v) is 7.06. The Morgan fingerprint density at radius 1 is 1.06 bits per heavy atom. The molecule has 1 aliphatic carbocycles. The molecule has 0 saturated carbocycles. The second-order valence-corrected chi connectivity index (χ2v) is 9.27. The molecule has 2 aromatic carbocycles. The van der Waals surface area contributed by atoms with Gasteiger partial charge in [-0.15, -0.1) is 0 Å². The average Bonchev–Trinajstić information content (AvgIpc) is 3.60. The fraction of sp³-hybridized carbons (Fsp3) is 0.423. The van der Waals surface area contributed by atoms with Crippen LogP contribution in [0, 0.1) is 5.92 Å². The maximum absolute atomic E-state index is 12.6. The Hall–Kier alpha value is -3.43. The van der Waals surface area contributed by atoms with Gasteiger partial charge in [0, 0.05) is 25.5 Å². The molecule has 1 unspecified atom stereocenters. The van der Waals surface area contributed by atoms with E-state index in [-0.39, 0.29) is 50.7 Å². The quantitative estimate of drug-likeness (QED) is 0.556. The van der Waals surface area contributed by atoms with Gasteiger partial charge in [-0.25, -0.2) is 9.59 Å². The molecular weight excluding hydrogens is 452 g/mol. The average molecular weight is 481 g/mol. The third kappa shape index (κ3) is 4.61. The molecular formula is C26H28N2O7. The summed E-state index contributed by atoms with van der Waals surface area (Å²) < 4.78 is 16.4. The Morgan fingerprint density at radius 3 is 2.37 bits per heavy atom. The van der Waals surface area contributed by atoms with E-state index in [1.54, 1.807) is 0 Å². The van der Waals surface area contributed by atoms with Crippen molar-refractivity contribution in [1.82, 2.24) is 10.6 Å². The molecule has 2 fully saturated rings. The summed E-state index contributed by atoms with van der Waals surface area (Å²) in [5.74, 6) is -1.98. The van der Waals surface area contributed by atoms with Crippen LogP contribution in [-0.4, -0.2) is 67.7 Å². The van der Waals surface area contributed by atoms with E-state index in [1.807, 2.05) is 24.3 Å². The number of alkyl carbamates (subject to hydrolysis) is 1. The van der Waals surface area contributed by atoms with Gasteiger partial charge in [-0.1, -0.05) is 48.5 Å². The van der Waals surface area contributed by atoms with E-state index in [2.05, 4.69) is 34.9 Å². The van der Waals surface area contributed by atoms with Crippen molar-refractivity contribution in [1.29, 1.82) is 0 Å². The molecule has 9 heteroatoms. The number of nitrogens with one attached hydrogen (secondary N) is 2. The lowest BCUT2D eigenvalue weighted by Crippen LogP contribution is -2.56. The number of hydrogen-bond donors (Lipinski definition) is 3. The lowest BCUT2D eigenvalue weighted by Gasteiger charge is -2.25. The molecule has 5 rings (SSSR count). The van der Waals surface area contributed by atoms with Crippen LogP contribution in [0.15, 0.2) is 48.5 Å². The third-order valence-electron chi connectivity index (χ3n) is 7.06. The van der Waals surface area contributed by atoms with E-state index in [9.17, 15) is 19.5 Å². The summed E-state index contributed by atoms with van der Waals surface area (Å²) in [4.78, 5) is 36.6. The van der Waals surface area contributed by atoms with Gasteiger partial charge in [-0.2, -0.15) is 0 Å². The van der Waals surface area contributed by atoms with Gasteiger partial charge in [-0.05, 0) is 28.7 Å². The van der Waals surface area contributed by atoms with Crippen molar-refractivity contribution in [2.45, 2.75) is 30.4 Å². The highest BCUT2D eigenvalue weighted by molar-refractivity contribution is 5.88. The van der Waals surface area contributed by atoms with Crippen LogP contribution in [-0.2, 0) is 23.8 Å². The fourth-order valence-electron chi connectivity index (χ4n) is 5.10. The first-order chi connectivity index (χ1) is 17.0. The highest BCUT2D eigenvalue weighted by atomic mass is 16.5. The maximum atomic E-state index is 12.6. The summed E-state index contributed by atoms with van der Waals surface area (Å²) >= 11 is 0. The molecule has 9 nitrogen and oxygen atoms in total. The predicted octanol–water partition coefficient (Wildman–Crippen LogP) is 2.29. The van der Waals surface area contributed by atoms with Crippen LogP contribution in [0.2, 0.25) is 0 Å². The zero-order valence-electron chi connectivity index (χ0n) is 19.2. The van der Waals surface area contributed by atoms with Crippen LogP contribution in [0.1, 0.15) is 29.9 Å². The number of benzene rings is 2. The van der Waals surface area contributed by atoms with Gasteiger partial charge in [-0.3, -0.25) is 4.79 Å². The van der Waals surface area contributed by atoms with Crippen LogP contribution in [0.25, 0.3) is 11.1 Å². The van der Waals surface area contributed by atoms with E-state index in [0.717, 1.165) is 22.3 Å². The Morgan fingerprint density at radius 2 is 1.74 bits per heavy atom. The second-order valence-electron chi connectivity index (χ2n) is 9.27. The van der Waals surface area contributed by atoms with Crippen LogP contribution < -0.4 is 10.6 Å². The van der Waals surface area contributed by atoms with Gasteiger partial charge in [0.15, 0.2) is 5.54 Å². The van der Waals surface area contributed by atoms with Crippen molar-refractivity contribution in [3.8, 4) is 11.1 Å². The normalized spacial score (nSPS) is 25.0. The minimum atomic E-state index is -1.38. The number of fused-ring (bicyclic) bond motifs is 3. The Balaban J connectivity index is 1.10. The standard InChI is InChI=1S/C26H28N2O7/c29-23(28-26(24(30)31)9-10-33-15-26)16-11-17(34-13-16)12-27-25(32)35-14-22-20-7-3-1-5-18(20)19-6-2-4-8-21(19)22/h1-8,16-17,22H,9-15H2,(H,27,32)(H,28,29)(H,30,31)/t16-,17-,26?/m0/s1. The topological polar surface area (TPSA) is 123 Å². The summed E-state index contributed by atoms with van der Waals surface area (Å²) in [7, 11) is 0. The van der Waals surface area contributed by atoms with Crippen LogP contribution in [0.4, 0.5) is 4.79 Å². The van der Waals surface area contributed by atoms with Crippen molar-refractivity contribution >= 4 is 18.0 Å². The second kappa shape index (κ2) is 9.67. The predicted molar refractivity (Wildman–Crippen MR) is 125 cm³/mol. The number of hydrogen-bond acceptors (Lipinski definition) is 6. The Labute approximate surface area is 202 Å². The van der Waals surface area contributed by atoms with Crippen LogP contribution >= 0.6 is 0 Å². The summed E-state index contributed by atoms with van der Waals surface area (Å²) in [5.41, 5.74) is 3.22. The smallest absolute Gasteiger partial charge is 0.407 e. The van der Waals surface area contributed by atoms with E-state index in [4.69, 9.17) is 14.2 Å². The number of carboxylic acid groups (broad SMARTS) is 1. The van der Waals surface area contributed by atoms with Crippen molar-refractivity contribution in [2.75, 3.05) is 33.0 Å². The number of amides is 2. The minimum Gasteiger partial charge on any atom is -0.479 e. The number of rotatable bonds is 7. The monoisotopic (exact) mass is 480 g/mol. The number of carbonyl (C=O) groups is 3.